The van der Waals surface area contributed by atoms with Gasteiger partial charge in [-0.2, -0.15) is 0 Å². The van der Waals surface area contributed by atoms with Gasteiger partial charge >= 0.3 is 0 Å². The topological polar surface area (TPSA) is 26.0 Å². The predicted octanol–water partition coefficient (Wildman–Crippen LogP) is 4.64. The second-order valence-corrected chi connectivity index (χ2v) is 5.34. The highest BCUT2D eigenvalue weighted by Gasteiger charge is 1.96. The minimum absolute atomic E-state index is 0.705. The van der Waals surface area contributed by atoms with E-state index in [2.05, 4.69) is 50.3 Å². The van der Waals surface area contributed by atoms with Crippen LogP contribution in [-0.2, 0) is 6.42 Å². The Morgan fingerprint density at radius 3 is 1.79 bits per heavy atom. The van der Waals surface area contributed by atoms with E-state index in [1.807, 2.05) is 24.3 Å². The van der Waals surface area contributed by atoms with Crippen molar-refractivity contribution in [3.8, 4) is 0 Å². The van der Waals surface area contributed by atoms with Crippen LogP contribution in [0.25, 0.3) is 12.2 Å². The first-order valence-electron chi connectivity index (χ1n) is 6.76. The molecule has 0 radical (unpaired) electrons. The number of benzene rings is 2. The Hall–Kier alpha value is -2.02. The van der Waals surface area contributed by atoms with E-state index in [1.54, 1.807) is 0 Å². The van der Waals surface area contributed by atoms with E-state index in [9.17, 15) is 0 Å². The molecule has 0 unspecified atom stereocenters. The average molecular weight is 251 g/mol. The third kappa shape index (κ3) is 4.29. The first-order valence-corrected chi connectivity index (χ1v) is 6.76. The fraction of sp³-hybridized carbons (Fsp3) is 0.222. The van der Waals surface area contributed by atoms with E-state index in [0.717, 1.165) is 12.1 Å². The standard InChI is InChI=1S/C18H21N/c1-14(2)13-17-7-5-15(6-8-17)3-4-16-9-11-18(19)12-10-16/h3-12,14H,13,19H2,1-2H3/b4-3-. The quantitative estimate of drug-likeness (QED) is 0.622. The molecule has 0 spiro atoms. The van der Waals surface area contributed by atoms with Crippen molar-refractivity contribution in [2.75, 3.05) is 5.73 Å². The van der Waals surface area contributed by atoms with Gasteiger partial charge in [0.15, 0.2) is 0 Å². The molecule has 0 aliphatic carbocycles. The average Bonchev–Trinajstić information content (AvgIpc) is 2.39. The molecule has 0 amide bonds. The van der Waals surface area contributed by atoms with Crippen molar-refractivity contribution in [1.82, 2.24) is 0 Å². The minimum atomic E-state index is 0.705. The normalized spacial score (nSPS) is 11.3. The molecule has 0 aromatic heterocycles. The second-order valence-electron chi connectivity index (χ2n) is 5.34. The van der Waals surface area contributed by atoms with Gasteiger partial charge in [-0.25, -0.2) is 0 Å². The Labute approximate surface area is 115 Å². The number of hydrogen-bond donors (Lipinski definition) is 1. The molecule has 2 rings (SSSR count). The van der Waals surface area contributed by atoms with Crippen molar-refractivity contribution in [2.45, 2.75) is 20.3 Å². The summed E-state index contributed by atoms with van der Waals surface area (Å²) in [5.74, 6) is 0.705. The smallest absolute Gasteiger partial charge is 0.0314 e. The molecule has 98 valence electrons. The lowest BCUT2D eigenvalue weighted by molar-refractivity contribution is 0.647. The van der Waals surface area contributed by atoms with Gasteiger partial charge in [0, 0.05) is 5.69 Å². The summed E-state index contributed by atoms with van der Waals surface area (Å²) < 4.78 is 0. The van der Waals surface area contributed by atoms with E-state index in [0.29, 0.717) is 5.92 Å². The number of hydrogen-bond acceptors (Lipinski definition) is 1. The van der Waals surface area contributed by atoms with Crippen LogP contribution < -0.4 is 5.73 Å². The summed E-state index contributed by atoms with van der Waals surface area (Å²) in [5.41, 5.74) is 10.3. The van der Waals surface area contributed by atoms with E-state index < -0.39 is 0 Å². The molecule has 0 atom stereocenters. The van der Waals surface area contributed by atoms with Crippen molar-refractivity contribution < 1.29 is 0 Å². The zero-order chi connectivity index (χ0) is 13.7. The van der Waals surface area contributed by atoms with Crippen molar-refractivity contribution in [2.24, 2.45) is 5.92 Å². The Kier molecular flexibility index (Phi) is 4.40. The molecule has 0 bridgehead atoms. The molecule has 19 heavy (non-hydrogen) atoms. The molecule has 0 saturated heterocycles. The molecular formula is C18H21N. The van der Waals surface area contributed by atoms with Gasteiger partial charge in [0.1, 0.15) is 0 Å². The number of nitrogen functional groups attached to an aromatic ring is 1. The summed E-state index contributed by atoms with van der Waals surface area (Å²) in [6, 6.07) is 16.7. The van der Waals surface area contributed by atoms with Crippen molar-refractivity contribution in [3.63, 3.8) is 0 Å². The maximum atomic E-state index is 5.67. The molecule has 2 aromatic rings. The summed E-state index contributed by atoms with van der Waals surface area (Å²) in [6.45, 7) is 4.49. The van der Waals surface area contributed by atoms with Gasteiger partial charge in [0.25, 0.3) is 0 Å². The number of nitrogens with two attached hydrogens (primary N) is 1. The number of rotatable bonds is 4. The third-order valence-corrected chi connectivity index (χ3v) is 3.03. The van der Waals surface area contributed by atoms with Crippen LogP contribution >= 0.6 is 0 Å². The lowest BCUT2D eigenvalue weighted by Gasteiger charge is -2.04. The highest BCUT2D eigenvalue weighted by Crippen LogP contribution is 2.13. The largest absolute Gasteiger partial charge is 0.399 e. The lowest BCUT2D eigenvalue weighted by atomic mass is 10.0. The van der Waals surface area contributed by atoms with Gasteiger partial charge in [-0.3, -0.25) is 0 Å². The molecule has 0 heterocycles. The van der Waals surface area contributed by atoms with Crippen LogP contribution in [0.1, 0.15) is 30.5 Å². The lowest BCUT2D eigenvalue weighted by Crippen LogP contribution is -1.93. The van der Waals surface area contributed by atoms with Crippen molar-refractivity contribution in [1.29, 1.82) is 0 Å². The molecule has 0 saturated carbocycles. The third-order valence-electron chi connectivity index (χ3n) is 3.03. The van der Waals surface area contributed by atoms with Gasteiger partial charge in [-0.05, 0) is 41.2 Å². The van der Waals surface area contributed by atoms with Crippen LogP contribution in [0.4, 0.5) is 5.69 Å². The summed E-state index contributed by atoms with van der Waals surface area (Å²) in [5, 5.41) is 0. The minimum Gasteiger partial charge on any atom is -0.399 e. The van der Waals surface area contributed by atoms with Gasteiger partial charge < -0.3 is 5.73 Å². The predicted molar refractivity (Wildman–Crippen MR) is 84.8 cm³/mol. The summed E-state index contributed by atoms with van der Waals surface area (Å²) in [6.07, 6.45) is 5.38. The maximum absolute atomic E-state index is 5.67. The van der Waals surface area contributed by atoms with E-state index in [4.69, 9.17) is 5.73 Å². The van der Waals surface area contributed by atoms with Crippen LogP contribution in [0, 0.1) is 5.92 Å². The SMILES string of the molecule is CC(C)Cc1ccc(/C=C\c2ccc(N)cc2)cc1. The van der Waals surface area contributed by atoms with Gasteiger partial charge in [-0.1, -0.05) is 62.4 Å². The van der Waals surface area contributed by atoms with E-state index >= 15 is 0 Å². The first kappa shape index (κ1) is 13.4. The Bertz CT molecular complexity index is 533. The van der Waals surface area contributed by atoms with Gasteiger partial charge in [-0.15, -0.1) is 0 Å². The molecule has 0 aliphatic heterocycles. The molecule has 1 heteroatoms. The highest BCUT2D eigenvalue weighted by atomic mass is 14.5. The molecule has 1 nitrogen and oxygen atoms in total. The van der Waals surface area contributed by atoms with Crippen LogP contribution in [0.2, 0.25) is 0 Å². The van der Waals surface area contributed by atoms with Crippen LogP contribution in [0.15, 0.2) is 48.5 Å². The first-order chi connectivity index (χ1) is 9.13. The van der Waals surface area contributed by atoms with E-state index in [-0.39, 0.29) is 0 Å². The second kappa shape index (κ2) is 6.24. The van der Waals surface area contributed by atoms with Crippen molar-refractivity contribution >= 4 is 17.8 Å². The van der Waals surface area contributed by atoms with Gasteiger partial charge in [0.05, 0.1) is 0 Å². The summed E-state index contributed by atoms with van der Waals surface area (Å²) in [7, 11) is 0. The molecular weight excluding hydrogens is 230 g/mol. The Morgan fingerprint density at radius 1 is 0.842 bits per heavy atom. The van der Waals surface area contributed by atoms with Crippen LogP contribution in [0.3, 0.4) is 0 Å². The fourth-order valence-corrected chi connectivity index (χ4v) is 2.04. The summed E-state index contributed by atoms with van der Waals surface area (Å²) in [4.78, 5) is 0. The molecule has 2 aromatic carbocycles. The summed E-state index contributed by atoms with van der Waals surface area (Å²) >= 11 is 0. The van der Waals surface area contributed by atoms with Gasteiger partial charge in [0.2, 0.25) is 0 Å². The molecule has 0 fully saturated rings. The Morgan fingerprint density at radius 2 is 1.32 bits per heavy atom. The molecule has 2 N–H and O–H groups in total. The fourth-order valence-electron chi connectivity index (χ4n) is 2.04. The highest BCUT2D eigenvalue weighted by molar-refractivity contribution is 5.70. The zero-order valence-electron chi connectivity index (χ0n) is 11.6. The number of anilines is 1. The van der Waals surface area contributed by atoms with Crippen molar-refractivity contribution in [3.05, 3.63) is 65.2 Å². The molecule has 0 aliphatic rings. The zero-order valence-corrected chi connectivity index (χ0v) is 11.6. The van der Waals surface area contributed by atoms with E-state index in [1.165, 1.54) is 16.7 Å². The maximum Gasteiger partial charge on any atom is 0.0314 e. The monoisotopic (exact) mass is 251 g/mol. The van der Waals surface area contributed by atoms with Crippen LogP contribution in [-0.4, -0.2) is 0 Å². The Balaban J connectivity index is 2.04. The van der Waals surface area contributed by atoms with Crippen LogP contribution in [0.5, 0.6) is 0 Å².